The first kappa shape index (κ1) is 18.3. The molecule has 1 heterocycles. The van der Waals surface area contributed by atoms with Gasteiger partial charge in [0, 0.05) is 12.2 Å². The van der Waals surface area contributed by atoms with Crippen LogP contribution in [0.2, 0.25) is 0 Å². The maximum Gasteiger partial charge on any atom is 0.416 e. The van der Waals surface area contributed by atoms with E-state index in [0.29, 0.717) is 12.2 Å². The summed E-state index contributed by atoms with van der Waals surface area (Å²) in [6, 6.07) is 4.09. The van der Waals surface area contributed by atoms with Gasteiger partial charge in [-0.05, 0) is 37.7 Å². The van der Waals surface area contributed by atoms with E-state index < -0.39 is 23.8 Å². The zero-order valence-electron chi connectivity index (χ0n) is 13.4. The van der Waals surface area contributed by atoms with Crippen molar-refractivity contribution >= 4 is 23.3 Å². The molecule has 1 aromatic rings. The van der Waals surface area contributed by atoms with Crippen LogP contribution in [-0.4, -0.2) is 29.6 Å². The van der Waals surface area contributed by atoms with Gasteiger partial charge >= 0.3 is 12.1 Å². The number of rotatable bonds is 3. The first-order valence-corrected chi connectivity index (χ1v) is 7.66. The molecule has 1 atom stereocenters. The Morgan fingerprint density at radius 2 is 2.00 bits per heavy atom. The first-order chi connectivity index (χ1) is 11.2. The van der Waals surface area contributed by atoms with Crippen molar-refractivity contribution in [2.24, 2.45) is 0 Å². The predicted octanol–water partition coefficient (Wildman–Crippen LogP) is 3.40. The maximum absolute atomic E-state index is 13.3. The van der Waals surface area contributed by atoms with E-state index in [1.54, 1.807) is 11.8 Å². The van der Waals surface area contributed by atoms with E-state index in [1.165, 1.54) is 25.3 Å². The molecule has 1 aliphatic heterocycles. The van der Waals surface area contributed by atoms with Crippen LogP contribution < -0.4 is 5.32 Å². The Hall–Kier alpha value is -2.09. The number of nitrogens with zero attached hydrogens (tertiary/aromatic N) is 1. The summed E-state index contributed by atoms with van der Waals surface area (Å²) in [6.07, 6.45) is -4.54. The molecule has 1 N–H and O–H groups in total. The van der Waals surface area contributed by atoms with Crippen molar-refractivity contribution in [1.29, 1.82) is 0 Å². The van der Waals surface area contributed by atoms with Crippen LogP contribution in [0.5, 0.6) is 0 Å². The Bertz CT molecular complexity index is 701. The van der Waals surface area contributed by atoms with Gasteiger partial charge in [0.2, 0.25) is 0 Å². The number of benzene rings is 1. The lowest BCUT2D eigenvalue weighted by Crippen LogP contribution is -2.48. The van der Waals surface area contributed by atoms with Crippen LogP contribution in [0.15, 0.2) is 35.5 Å². The van der Waals surface area contributed by atoms with Crippen molar-refractivity contribution in [3.05, 3.63) is 46.7 Å². The summed E-state index contributed by atoms with van der Waals surface area (Å²) in [7, 11) is 1.19. The minimum atomic E-state index is -4.54. The molecule has 0 radical (unpaired) electrons. The molecule has 8 heteroatoms. The average Bonchev–Trinajstić information content (AvgIpc) is 2.53. The number of alkyl halides is 3. The number of allylic oxidation sites excluding steroid dienone is 1. The smallest absolute Gasteiger partial charge is 0.416 e. The fourth-order valence-electron chi connectivity index (χ4n) is 2.78. The number of esters is 1. The Labute approximate surface area is 143 Å². The van der Waals surface area contributed by atoms with Gasteiger partial charge in [0.25, 0.3) is 0 Å². The van der Waals surface area contributed by atoms with E-state index >= 15 is 0 Å². The van der Waals surface area contributed by atoms with Gasteiger partial charge in [0.15, 0.2) is 5.11 Å². The second kappa shape index (κ2) is 6.80. The summed E-state index contributed by atoms with van der Waals surface area (Å²) in [5.74, 6) is -0.692. The molecule has 24 heavy (non-hydrogen) atoms. The van der Waals surface area contributed by atoms with Crippen LogP contribution in [0, 0.1) is 0 Å². The van der Waals surface area contributed by atoms with Crippen molar-refractivity contribution in [2.75, 3.05) is 13.7 Å². The van der Waals surface area contributed by atoms with Crippen LogP contribution in [0.3, 0.4) is 0 Å². The number of thiocarbonyl (C=S) groups is 1. The number of nitrogens with one attached hydrogen (secondary N) is 1. The van der Waals surface area contributed by atoms with E-state index in [0.717, 1.165) is 6.07 Å². The highest BCUT2D eigenvalue weighted by atomic mass is 32.1. The molecule has 0 unspecified atom stereocenters. The number of carbonyl (C=O) groups excluding carboxylic acids is 1. The van der Waals surface area contributed by atoms with Gasteiger partial charge in [0.05, 0.1) is 24.3 Å². The second-order valence-electron chi connectivity index (χ2n) is 5.20. The van der Waals surface area contributed by atoms with Crippen LogP contribution in [0.25, 0.3) is 0 Å². The Balaban J connectivity index is 2.67. The molecule has 4 nitrogen and oxygen atoms in total. The fraction of sp³-hybridized carbons (Fsp3) is 0.375. The topological polar surface area (TPSA) is 41.6 Å². The second-order valence-corrected chi connectivity index (χ2v) is 5.59. The molecule has 0 spiro atoms. The Kier molecular flexibility index (Phi) is 5.17. The zero-order valence-corrected chi connectivity index (χ0v) is 14.2. The molecule has 130 valence electrons. The van der Waals surface area contributed by atoms with E-state index in [-0.39, 0.29) is 16.2 Å². The number of ether oxygens (including phenoxy) is 1. The molecule has 1 aromatic carbocycles. The highest BCUT2D eigenvalue weighted by molar-refractivity contribution is 7.80. The van der Waals surface area contributed by atoms with E-state index in [2.05, 4.69) is 5.32 Å². The molecule has 0 amide bonds. The standard InChI is InChI=1S/C16H17F3N2O2S/c1-4-21-9(2)12(14(22)23-3)13(20-15(21)24)10-7-5-6-8-11(10)16(17,18)19/h5-8,13H,4H2,1-3H3,(H,20,24)/t13-/m1/s1. The monoisotopic (exact) mass is 358 g/mol. The summed E-state index contributed by atoms with van der Waals surface area (Å²) in [5.41, 5.74) is -0.285. The van der Waals surface area contributed by atoms with E-state index in [4.69, 9.17) is 17.0 Å². The molecule has 1 aliphatic rings. The molecule has 0 aliphatic carbocycles. The molecule has 0 aromatic heterocycles. The van der Waals surface area contributed by atoms with Crippen LogP contribution in [-0.2, 0) is 15.7 Å². The van der Waals surface area contributed by atoms with Crippen molar-refractivity contribution < 1.29 is 22.7 Å². The maximum atomic E-state index is 13.3. The summed E-state index contributed by atoms with van der Waals surface area (Å²) in [6.45, 7) is 3.95. The van der Waals surface area contributed by atoms with Gasteiger partial charge in [0.1, 0.15) is 0 Å². The lowest BCUT2D eigenvalue weighted by Gasteiger charge is -2.37. The van der Waals surface area contributed by atoms with Crippen LogP contribution >= 0.6 is 12.2 Å². The van der Waals surface area contributed by atoms with Crippen molar-refractivity contribution in [3.8, 4) is 0 Å². The zero-order chi connectivity index (χ0) is 18.1. The summed E-state index contributed by atoms with van der Waals surface area (Å²) < 4.78 is 44.8. The number of hydrogen-bond donors (Lipinski definition) is 1. The number of methoxy groups -OCH3 is 1. The molecule has 0 bridgehead atoms. The Morgan fingerprint density at radius 1 is 1.38 bits per heavy atom. The number of carbonyl (C=O) groups is 1. The third-order valence-electron chi connectivity index (χ3n) is 3.90. The van der Waals surface area contributed by atoms with Crippen LogP contribution in [0.1, 0.15) is 31.0 Å². The van der Waals surface area contributed by atoms with E-state index in [1.807, 2.05) is 6.92 Å². The molecular formula is C16H17F3N2O2S. The SMILES string of the molecule is CCN1C(=S)N[C@H](c2ccccc2C(F)(F)F)C(C(=O)OC)=C1C. The van der Waals surface area contributed by atoms with Gasteiger partial charge in [-0.15, -0.1) is 0 Å². The minimum Gasteiger partial charge on any atom is -0.466 e. The highest BCUT2D eigenvalue weighted by Gasteiger charge is 2.40. The van der Waals surface area contributed by atoms with Gasteiger partial charge in [-0.2, -0.15) is 13.2 Å². The normalized spacial score (nSPS) is 18.5. The predicted molar refractivity (Wildman–Crippen MR) is 87.0 cm³/mol. The third kappa shape index (κ3) is 3.24. The fourth-order valence-corrected chi connectivity index (χ4v) is 3.16. The Morgan fingerprint density at radius 3 is 2.54 bits per heavy atom. The minimum absolute atomic E-state index is 0.0668. The van der Waals surface area contributed by atoms with E-state index in [9.17, 15) is 18.0 Å². The average molecular weight is 358 g/mol. The molecule has 0 saturated heterocycles. The highest BCUT2D eigenvalue weighted by Crippen LogP contribution is 2.39. The first-order valence-electron chi connectivity index (χ1n) is 7.25. The molecule has 0 saturated carbocycles. The quantitative estimate of drug-likeness (QED) is 0.663. The summed E-state index contributed by atoms with van der Waals surface area (Å²) in [5, 5.41) is 3.11. The summed E-state index contributed by atoms with van der Waals surface area (Å²) in [4.78, 5) is 13.9. The number of halogens is 3. The molecule has 0 fully saturated rings. The third-order valence-corrected chi connectivity index (χ3v) is 4.23. The largest absolute Gasteiger partial charge is 0.466 e. The lowest BCUT2D eigenvalue weighted by molar-refractivity contribution is -0.139. The van der Waals surface area contributed by atoms with Crippen LogP contribution in [0.4, 0.5) is 13.2 Å². The molecule has 2 rings (SSSR count). The summed E-state index contributed by atoms with van der Waals surface area (Å²) >= 11 is 5.24. The van der Waals surface area contributed by atoms with Gasteiger partial charge in [-0.25, -0.2) is 4.79 Å². The van der Waals surface area contributed by atoms with Crippen molar-refractivity contribution in [1.82, 2.24) is 10.2 Å². The van der Waals surface area contributed by atoms with Gasteiger partial charge in [-0.3, -0.25) is 0 Å². The molecular weight excluding hydrogens is 341 g/mol. The van der Waals surface area contributed by atoms with Gasteiger partial charge in [-0.1, -0.05) is 18.2 Å². The van der Waals surface area contributed by atoms with Gasteiger partial charge < -0.3 is 15.0 Å². The van der Waals surface area contributed by atoms with Crippen molar-refractivity contribution in [3.63, 3.8) is 0 Å². The lowest BCUT2D eigenvalue weighted by atomic mass is 9.91. The van der Waals surface area contributed by atoms with Crippen molar-refractivity contribution in [2.45, 2.75) is 26.1 Å². The number of hydrogen-bond acceptors (Lipinski definition) is 3.